The van der Waals surface area contributed by atoms with E-state index in [1.54, 1.807) is 12.3 Å². The van der Waals surface area contributed by atoms with Crippen LogP contribution in [0.3, 0.4) is 0 Å². The summed E-state index contributed by atoms with van der Waals surface area (Å²) in [5.74, 6) is 0.00771. The van der Waals surface area contributed by atoms with Crippen LogP contribution in [0.4, 0.5) is 5.69 Å². The molecule has 0 bridgehead atoms. The highest BCUT2D eigenvalue weighted by molar-refractivity contribution is 6.05. The van der Waals surface area contributed by atoms with E-state index in [-0.39, 0.29) is 11.9 Å². The maximum atomic E-state index is 12.7. The second-order valence-electron chi connectivity index (χ2n) is 5.84. The molecule has 0 fully saturated rings. The molecule has 1 aliphatic heterocycles. The number of anilines is 1. The molecule has 114 valence electrons. The van der Waals surface area contributed by atoms with Crippen molar-refractivity contribution in [2.24, 2.45) is 0 Å². The second-order valence-corrected chi connectivity index (χ2v) is 5.84. The molecule has 0 N–H and O–H groups in total. The van der Waals surface area contributed by atoms with Crippen molar-refractivity contribution in [3.05, 3.63) is 72.2 Å². The predicted molar refractivity (Wildman–Crippen MR) is 91.3 cm³/mol. The van der Waals surface area contributed by atoms with E-state index in [2.05, 4.69) is 18.0 Å². The summed E-state index contributed by atoms with van der Waals surface area (Å²) in [7, 11) is 0. The van der Waals surface area contributed by atoms with Crippen molar-refractivity contribution in [1.29, 1.82) is 0 Å². The number of aromatic nitrogens is 2. The Labute approximate surface area is 134 Å². The van der Waals surface area contributed by atoms with Gasteiger partial charge in [-0.2, -0.15) is 0 Å². The van der Waals surface area contributed by atoms with Crippen LogP contribution in [0.2, 0.25) is 0 Å². The Morgan fingerprint density at radius 1 is 1.22 bits per heavy atom. The van der Waals surface area contributed by atoms with Gasteiger partial charge in [-0.25, -0.2) is 4.98 Å². The number of carbonyl (C=O) groups excluding carboxylic acids is 1. The lowest BCUT2D eigenvalue weighted by atomic mass is 10.1. The molecular formula is C19H17N3O. The third kappa shape index (κ3) is 2.32. The Bertz CT molecular complexity index is 910. The number of hydrogen-bond donors (Lipinski definition) is 0. The van der Waals surface area contributed by atoms with Crippen molar-refractivity contribution < 1.29 is 4.79 Å². The summed E-state index contributed by atoms with van der Waals surface area (Å²) in [6, 6.07) is 14.1. The zero-order chi connectivity index (χ0) is 15.8. The van der Waals surface area contributed by atoms with Crippen molar-refractivity contribution in [2.45, 2.75) is 19.4 Å². The van der Waals surface area contributed by atoms with Gasteiger partial charge in [0.05, 0.1) is 11.9 Å². The Morgan fingerprint density at radius 3 is 2.96 bits per heavy atom. The average molecular weight is 303 g/mol. The molecule has 1 amide bonds. The molecule has 1 atom stereocenters. The summed E-state index contributed by atoms with van der Waals surface area (Å²) < 4.78 is 1.96. The Morgan fingerprint density at radius 2 is 2.04 bits per heavy atom. The average Bonchev–Trinajstić information content (AvgIpc) is 3.12. The highest BCUT2D eigenvalue weighted by Gasteiger charge is 2.29. The minimum Gasteiger partial charge on any atom is -0.305 e. The van der Waals surface area contributed by atoms with Gasteiger partial charge in [0, 0.05) is 24.0 Å². The summed E-state index contributed by atoms with van der Waals surface area (Å²) in [5, 5.41) is 0. The zero-order valence-electron chi connectivity index (χ0n) is 12.9. The normalized spacial score (nSPS) is 17.1. The molecule has 3 aromatic rings. The van der Waals surface area contributed by atoms with E-state index in [4.69, 9.17) is 0 Å². The zero-order valence-corrected chi connectivity index (χ0v) is 12.9. The number of para-hydroxylation sites is 1. The lowest BCUT2D eigenvalue weighted by Gasteiger charge is -2.20. The molecule has 1 unspecified atom stereocenters. The molecule has 4 rings (SSSR count). The smallest absolute Gasteiger partial charge is 0.251 e. The van der Waals surface area contributed by atoms with Crippen LogP contribution in [0.1, 0.15) is 18.2 Å². The van der Waals surface area contributed by atoms with Crippen LogP contribution < -0.4 is 4.90 Å². The Balaban J connectivity index is 1.63. The summed E-state index contributed by atoms with van der Waals surface area (Å²) >= 11 is 0. The summed E-state index contributed by atoms with van der Waals surface area (Å²) in [6.07, 6.45) is 8.09. The summed E-state index contributed by atoms with van der Waals surface area (Å²) in [4.78, 5) is 18.9. The van der Waals surface area contributed by atoms with Gasteiger partial charge in [-0.3, -0.25) is 4.79 Å². The number of pyridine rings is 1. The maximum Gasteiger partial charge on any atom is 0.251 e. The molecule has 3 heterocycles. The molecule has 4 nitrogen and oxygen atoms in total. The molecule has 0 radical (unpaired) electrons. The van der Waals surface area contributed by atoms with Gasteiger partial charge < -0.3 is 9.30 Å². The number of rotatable bonds is 2. The Kier molecular flexibility index (Phi) is 3.23. The first-order chi connectivity index (χ1) is 11.2. The van der Waals surface area contributed by atoms with E-state index < -0.39 is 0 Å². The lowest BCUT2D eigenvalue weighted by Crippen LogP contribution is -2.34. The molecule has 1 aromatic carbocycles. The molecular weight excluding hydrogens is 286 g/mol. The number of fused-ring (bicyclic) bond motifs is 2. The fraction of sp³-hybridized carbons (Fsp3) is 0.158. The monoisotopic (exact) mass is 303 g/mol. The molecule has 0 spiro atoms. The van der Waals surface area contributed by atoms with Crippen molar-refractivity contribution in [3.8, 4) is 0 Å². The fourth-order valence-corrected chi connectivity index (χ4v) is 3.21. The lowest BCUT2D eigenvalue weighted by molar-refractivity contribution is -0.114. The first-order valence-electron chi connectivity index (χ1n) is 7.75. The number of imidazole rings is 1. The topological polar surface area (TPSA) is 37.6 Å². The van der Waals surface area contributed by atoms with E-state index >= 15 is 0 Å². The van der Waals surface area contributed by atoms with Crippen LogP contribution in [0.25, 0.3) is 11.7 Å². The number of amides is 1. The van der Waals surface area contributed by atoms with Crippen LogP contribution in [0.15, 0.2) is 60.9 Å². The molecule has 2 aromatic heterocycles. The van der Waals surface area contributed by atoms with Gasteiger partial charge >= 0.3 is 0 Å². The number of carbonyl (C=O) groups is 1. The minimum atomic E-state index is 0.00771. The van der Waals surface area contributed by atoms with Crippen molar-refractivity contribution >= 4 is 23.3 Å². The van der Waals surface area contributed by atoms with Gasteiger partial charge in [-0.05, 0) is 43.2 Å². The van der Waals surface area contributed by atoms with Crippen LogP contribution in [0.5, 0.6) is 0 Å². The third-order valence-electron chi connectivity index (χ3n) is 4.29. The predicted octanol–water partition coefficient (Wildman–Crippen LogP) is 3.33. The van der Waals surface area contributed by atoms with Gasteiger partial charge in [-0.1, -0.05) is 24.3 Å². The number of hydrogen-bond acceptors (Lipinski definition) is 2. The third-order valence-corrected chi connectivity index (χ3v) is 4.29. The van der Waals surface area contributed by atoms with Crippen molar-refractivity contribution in [2.75, 3.05) is 4.90 Å². The fourth-order valence-electron chi connectivity index (χ4n) is 3.21. The quantitative estimate of drug-likeness (QED) is 0.681. The van der Waals surface area contributed by atoms with Gasteiger partial charge in [0.1, 0.15) is 5.65 Å². The van der Waals surface area contributed by atoms with Crippen LogP contribution >= 0.6 is 0 Å². The first-order valence-corrected chi connectivity index (χ1v) is 7.75. The van der Waals surface area contributed by atoms with Gasteiger partial charge in [0.2, 0.25) is 0 Å². The molecule has 0 saturated heterocycles. The summed E-state index contributed by atoms with van der Waals surface area (Å²) in [5.41, 5.74) is 4.03. The Hall–Kier alpha value is -2.88. The largest absolute Gasteiger partial charge is 0.305 e. The minimum absolute atomic E-state index is 0.00771. The SMILES string of the molecule is CC1Cc2ccccc2N1C(=O)/C=C/c1cnc2ccccn12. The number of benzene rings is 1. The van der Waals surface area contributed by atoms with Gasteiger partial charge in [0.15, 0.2) is 0 Å². The molecule has 0 aliphatic carbocycles. The number of nitrogens with zero attached hydrogens (tertiary/aromatic N) is 3. The van der Waals surface area contributed by atoms with E-state index in [1.807, 2.05) is 58.0 Å². The van der Waals surface area contributed by atoms with Crippen LogP contribution in [-0.2, 0) is 11.2 Å². The highest BCUT2D eigenvalue weighted by Crippen LogP contribution is 2.32. The second kappa shape index (κ2) is 5.39. The van der Waals surface area contributed by atoms with E-state index in [0.29, 0.717) is 0 Å². The van der Waals surface area contributed by atoms with Gasteiger partial charge in [0.25, 0.3) is 5.91 Å². The molecule has 23 heavy (non-hydrogen) atoms. The van der Waals surface area contributed by atoms with E-state index in [9.17, 15) is 4.79 Å². The van der Waals surface area contributed by atoms with Crippen LogP contribution in [-0.4, -0.2) is 21.3 Å². The first kappa shape index (κ1) is 13.8. The van der Waals surface area contributed by atoms with Gasteiger partial charge in [-0.15, -0.1) is 0 Å². The molecule has 0 saturated carbocycles. The highest BCUT2D eigenvalue weighted by atomic mass is 16.2. The molecule has 1 aliphatic rings. The van der Waals surface area contributed by atoms with E-state index in [0.717, 1.165) is 23.4 Å². The van der Waals surface area contributed by atoms with E-state index in [1.165, 1.54) is 5.56 Å². The maximum absolute atomic E-state index is 12.7. The van der Waals surface area contributed by atoms with Crippen molar-refractivity contribution in [3.63, 3.8) is 0 Å². The standard InChI is InChI=1S/C19H17N3O/c1-14-12-15-6-2-3-7-17(15)22(14)19(23)10-9-16-13-20-18-8-4-5-11-21(16)18/h2-11,13-14H,12H2,1H3/b10-9+. The van der Waals surface area contributed by atoms with Crippen molar-refractivity contribution in [1.82, 2.24) is 9.38 Å². The summed E-state index contributed by atoms with van der Waals surface area (Å²) in [6.45, 7) is 2.08. The van der Waals surface area contributed by atoms with Crippen LogP contribution in [0, 0.1) is 0 Å². The molecule has 4 heteroatoms.